The predicted octanol–water partition coefficient (Wildman–Crippen LogP) is 2.13. The summed E-state index contributed by atoms with van der Waals surface area (Å²) in [6.45, 7) is 4.97. The lowest BCUT2D eigenvalue weighted by molar-refractivity contribution is -0.146. The van der Waals surface area contributed by atoms with Gasteiger partial charge in [-0.15, -0.1) is 0 Å². The van der Waals surface area contributed by atoms with Crippen molar-refractivity contribution in [1.29, 1.82) is 0 Å². The Morgan fingerprint density at radius 3 is 2.89 bits per heavy atom. The van der Waals surface area contributed by atoms with E-state index in [1.807, 2.05) is 18.2 Å². The van der Waals surface area contributed by atoms with E-state index in [1.54, 1.807) is 13.8 Å². The van der Waals surface area contributed by atoms with Gasteiger partial charge in [0, 0.05) is 24.5 Å². The third kappa shape index (κ3) is 2.42. The van der Waals surface area contributed by atoms with Crippen LogP contribution in [-0.2, 0) is 11.2 Å². The van der Waals surface area contributed by atoms with Crippen molar-refractivity contribution in [3.05, 3.63) is 23.8 Å². The molecule has 1 aromatic rings. The number of anilines is 2. The van der Waals surface area contributed by atoms with Gasteiger partial charge in [0.25, 0.3) is 0 Å². The number of aryl methyl sites for hydroxylation is 1. The second kappa shape index (κ2) is 4.52. The summed E-state index contributed by atoms with van der Waals surface area (Å²) in [5.41, 5.74) is 8.18. The molecule has 98 valence electrons. The van der Waals surface area contributed by atoms with E-state index in [4.69, 9.17) is 5.73 Å². The number of rotatable bonds is 3. The van der Waals surface area contributed by atoms with E-state index in [2.05, 4.69) is 4.90 Å². The maximum atomic E-state index is 11.2. The highest BCUT2D eigenvalue weighted by molar-refractivity contribution is 5.75. The second-order valence-corrected chi connectivity index (χ2v) is 5.60. The molecular weight excluding hydrogens is 228 g/mol. The van der Waals surface area contributed by atoms with Crippen molar-refractivity contribution >= 4 is 17.3 Å². The second-order valence-electron chi connectivity index (χ2n) is 5.60. The van der Waals surface area contributed by atoms with E-state index < -0.39 is 11.4 Å². The van der Waals surface area contributed by atoms with Crippen molar-refractivity contribution in [2.45, 2.75) is 26.7 Å². The third-order valence-electron chi connectivity index (χ3n) is 3.48. The van der Waals surface area contributed by atoms with Crippen LogP contribution in [0.2, 0.25) is 0 Å². The quantitative estimate of drug-likeness (QED) is 0.804. The van der Waals surface area contributed by atoms with Crippen LogP contribution in [0.3, 0.4) is 0 Å². The van der Waals surface area contributed by atoms with Gasteiger partial charge in [0.1, 0.15) is 0 Å². The normalized spacial score (nSPS) is 15.3. The lowest BCUT2D eigenvalue weighted by Gasteiger charge is -2.36. The molecule has 0 aliphatic carbocycles. The van der Waals surface area contributed by atoms with E-state index in [-0.39, 0.29) is 0 Å². The van der Waals surface area contributed by atoms with Crippen molar-refractivity contribution in [1.82, 2.24) is 0 Å². The minimum absolute atomic E-state index is 0.527. The average molecular weight is 248 g/mol. The van der Waals surface area contributed by atoms with Crippen LogP contribution >= 0.6 is 0 Å². The minimum Gasteiger partial charge on any atom is -0.481 e. The molecule has 3 N–H and O–H groups in total. The molecule has 1 aromatic carbocycles. The van der Waals surface area contributed by atoms with E-state index in [9.17, 15) is 9.90 Å². The van der Waals surface area contributed by atoms with Gasteiger partial charge >= 0.3 is 5.97 Å². The average Bonchev–Trinajstić information content (AvgIpc) is 2.28. The van der Waals surface area contributed by atoms with Crippen LogP contribution in [-0.4, -0.2) is 24.2 Å². The Labute approximate surface area is 107 Å². The van der Waals surface area contributed by atoms with Crippen LogP contribution in [0.1, 0.15) is 25.8 Å². The monoisotopic (exact) mass is 248 g/mol. The van der Waals surface area contributed by atoms with Gasteiger partial charge in [-0.1, -0.05) is 0 Å². The Balaban J connectivity index is 2.25. The summed E-state index contributed by atoms with van der Waals surface area (Å²) in [4.78, 5) is 13.4. The standard InChI is InChI=1S/C14H20N2O2/c1-14(2,13(17)18)9-16-7-3-4-10-8-11(15)5-6-12(10)16/h5-6,8H,3-4,7,9,15H2,1-2H3,(H,17,18). The van der Waals surface area contributed by atoms with Crippen LogP contribution in [0.25, 0.3) is 0 Å². The van der Waals surface area contributed by atoms with Crippen LogP contribution < -0.4 is 10.6 Å². The van der Waals surface area contributed by atoms with Crippen LogP contribution in [0.15, 0.2) is 18.2 Å². The Hall–Kier alpha value is -1.71. The first-order valence-corrected chi connectivity index (χ1v) is 6.27. The highest BCUT2D eigenvalue weighted by atomic mass is 16.4. The van der Waals surface area contributed by atoms with Gasteiger partial charge in [-0.05, 0) is 50.5 Å². The molecule has 1 aliphatic heterocycles. The molecule has 1 aliphatic rings. The molecule has 0 saturated heterocycles. The molecule has 0 fully saturated rings. The summed E-state index contributed by atoms with van der Waals surface area (Å²) >= 11 is 0. The van der Waals surface area contributed by atoms with Crippen molar-refractivity contribution in [3.8, 4) is 0 Å². The van der Waals surface area contributed by atoms with Gasteiger partial charge in [0.15, 0.2) is 0 Å². The lowest BCUT2D eigenvalue weighted by atomic mass is 9.91. The first-order valence-electron chi connectivity index (χ1n) is 6.27. The number of carboxylic acid groups (broad SMARTS) is 1. The maximum absolute atomic E-state index is 11.2. The highest BCUT2D eigenvalue weighted by Gasteiger charge is 2.31. The number of hydrogen-bond acceptors (Lipinski definition) is 3. The number of aliphatic carboxylic acids is 1. The third-order valence-corrected chi connectivity index (χ3v) is 3.48. The van der Waals surface area contributed by atoms with Crippen LogP contribution in [0.4, 0.5) is 11.4 Å². The Kier molecular flexibility index (Phi) is 3.20. The van der Waals surface area contributed by atoms with Gasteiger partial charge in [-0.2, -0.15) is 0 Å². The molecule has 0 bridgehead atoms. The summed E-state index contributed by atoms with van der Waals surface area (Å²) in [6.07, 6.45) is 2.07. The number of nitrogens with zero attached hydrogens (tertiary/aromatic N) is 1. The van der Waals surface area contributed by atoms with Gasteiger partial charge in [0.05, 0.1) is 5.41 Å². The number of benzene rings is 1. The van der Waals surface area contributed by atoms with Crippen LogP contribution in [0.5, 0.6) is 0 Å². The largest absolute Gasteiger partial charge is 0.481 e. The van der Waals surface area contributed by atoms with Crippen LogP contribution in [0, 0.1) is 5.41 Å². The molecule has 0 aromatic heterocycles. The minimum atomic E-state index is -0.759. The van der Waals surface area contributed by atoms with Gasteiger partial charge in [-0.3, -0.25) is 4.79 Å². The van der Waals surface area contributed by atoms with Crippen molar-refractivity contribution in [3.63, 3.8) is 0 Å². The highest BCUT2D eigenvalue weighted by Crippen LogP contribution is 2.31. The fourth-order valence-electron chi connectivity index (χ4n) is 2.40. The molecule has 18 heavy (non-hydrogen) atoms. The zero-order valence-electron chi connectivity index (χ0n) is 10.9. The van der Waals surface area contributed by atoms with E-state index >= 15 is 0 Å². The molecule has 0 radical (unpaired) electrons. The molecule has 2 rings (SSSR count). The maximum Gasteiger partial charge on any atom is 0.310 e. The van der Waals surface area contributed by atoms with Gasteiger partial charge < -0.3 is 15.7 Å². The van der Waals surface area contributed by atoms with E-state index in [1.165, 1.54) is 5.56 Å². The topological polar surface area (TPSA) is 66.6 Å². The fraction of sp³-hybridized carbons (Fsp3) is 0.500. The Morgan fingerprint density at radius 2 is 2.22 bits per heavy atom. The number of carbonyl (C=O) groups is 1. The zero-order valence-corrected chi connectivity index (χ0v) is 10.9. The summed E-state index contributed by atoms with van der Waals surface area (Å²) in [7, 11) is 0. The molecule has 0 saturated carbocycles. The number of hydrogen-bond donors (Lipinski definition) is 2. The van der Waals surface area contributed by atoms with Gasteiger partial charge in [0.2, 0.25) is 0 Å². The first-order chi connectivity index (χ1) is 8.40. The van der Waals surface area contributed by atoms with E-state index in [0.717, 1.165) is 30.8 Å². The lowest BCUT2D eigenvalue weighted by Crippen LogP contribution is -2.41. The number of nitrogens with two attached hydrogens (primary N) is 1. The smallest absolute Gasteiger partial charge is 0.310 e. The summed E-state index contributed by atoms with van der Waals surface area (Å²) in [6, 6.07) is 5.88. The molecule has 1 heterocycles. The van der Waals surface area contributed by atoms with Crippen molar-refractivity contribution < 1.29 is 9.90 Å². The molecule has 4 heteroatoms. The number of nitrogen functional groups attached to an aromatic ring is 1. The first kappa shape index (κ1) is 12.7. The summed E-state index contributed by atoms with van der Waals surface area (Å²) in [5, 5.41) is 9.22. The molecule has 0 atom stereocenters. The molecular formula is C14H20N2O2. The van der Waals surface area contributed by atoms with Gasteiger partial charge in [-0.25, -0.2) is 0 Å². The van der Waals surface area contributed by atoms with Crippen molar-refractivity contribution in [2.75, 3.05) is 23.7 Å². The summed E-state index contributed by atoms with van der Waals surface area (Å²) in [5.74, 6) is -0.759. The molecule has 0 unspecified atom stereocenters. The predicted molar refractivity (Wildman–Crippen MR) is 72.8 cm³/mol. The Bertz CT molecular complexity index is 469. The van der Waals surface area contributed by atoms with Crippen molar-refractivity contribution in [2.24, 2.45) is 5.41 Å². The molecule has 4 nitrogen and oxygen atoms in total. The summed E-state index contributed by atoms with van der Waals surface area (Å²) < 4.78 is 0. The van der Waals surface area contributed by atoms with E-state index in [0.29, 0.717) is 6.54 Å². The fourth-order valence-corrected chi connectivity index (χ4v) is 2.40. The zero-order chi connectivity index (χ0) is 13.3. The molecule has 0 spiro atoms. The SMILES string of the molecule is CC(C)(CN1CCCc2cc(N)ccc21)C(=O)O. The molecule has 0 amide bonds. The number of carboxylic acids is 1. The number of fused-ring (bicyclic) bond motifs is 1. The Morgan fingerprint density at radius 1 is 1.50 bits per heavy atom.